The minimum absolute atomic E-state index is 0.176. The van der Waals surface area contributed by atoms with Crippen LogP contribution in [0.2, 0.25) is 0 Å². The van der Waals surface area contributed by atoms with E-state index in [1.54, 1.807) is 0 Å². The summed E-state index contributed by atoms with van der Waals surface area (Å²) in [5.41, 5.74) is -12.6. The van der Waals surface area contributed by atoms with E-state index in [4.69, 9.17) is 9.31 Å². The van der Waals surface area contributed by atoms with Crippen LogP contribution in [0.3, 0.4) is 0 Å². The molecule has 0 atom stereocenters. The van der Waals surface area contributed by atoms with Crippen LogP contribution in [0.15, 0.2) is 24.3 Å². The van der Waals surface area contributed by atoms with Crippen molar-refractivity contribution in [1.82, 2.24) is 0 Å². The van der Waals surface area contributed by atoms with E-state index in [1.165, 1.54) is 0 Å². The zero-order valence-electron chi connectivity index (χ0n) is 29.1. The van der Waals surface area contributed by atoms with Crippen LogP contribution in [0.25, 0.3) is 54.2 Å². The Morgan fingerprint density at radius 2 is 0.762 bits per heavy atom. The largest absolute Gasteiger partial charge is 0.636 e. The topological polar surface area (TPSA) is 18.5 Å². The van der Waals surface area contributed by atoms with Crippen molar-refractivity contribution in [3.8, 4) is 22.6 Å². The molecule has 0 bridgehead atoms. The summed E-state index contributed by atoms with van der Waals surface area (Å²) < 4.78 is 333. The predicted octanol–water partition coefficient (Wildman–Crippen LogP) is 12.4. The van der Waals surface area contributed by atoms with Gasteiger partial charge >= 0.3 is 13.0 Å². The zero-order chi connectivity index (χ0) is 45.9. The SMILES string of the molecule is Fc1ccc2c(OB(Oc3c(F)c(F)c4c(F)c(F)c5c(F)c(F)c(F)c6c(F)c(F)c3c4c56)c3c(F)c(F)c(F)c4c3C(F)(F)c3c(F)c(F)c(F)c(F)c3-4)ccc(F)c2c1F. The molecule has 24 heteroatoms. The maximum atomic E-state index is 16.4. The van der Waals surface area contributed by atoms with E-state index in [9.17, 15) is 26.3 Å². The third kappa shape index (κ3) is 5.10. The monoisotopic (exact) mass is 914 g/mol. The first-order valence-electron chi connectivity index (χ1n) is 16.7. The molecule has 63 heavy (non-hydrogen) atoms. The molecule has 0 spiro atoms. The Kier molecular flexibility index (Phi) is 8.83. The third-order valence-electron chi connectivity index (χ3n) is 10.4. The number of fused-ring (bicyclic) bond motifs is 4. The van der Waals surface area contributed by atoms with Gasteiger partial charge in [0.2, 0.25) is 0 Å². The summed E-state index contributed by atoms with van der Waals surface area (Å²) in [6.45, 7) is 0. The van der Waals surface area contributed by atoms with Gasteiger partial charge in [0.05, 0.1) is 38.0 Å². The van der Waals surface area contributed by atoms with Crippen LogP contribution in [-0.4, -0.2) is 7.12 Å². The van der Waals surface area contributed by atoms with E-state index < -0.39 is 206 Å². The van der Waals surface area contributed by atoms with Gasteiger partial charge in [0.25, 0.3) is 0 Å². The van der Waals surface area contributed by atoms with E-state index in [-0.39, 0.29) is 12.1 Å². The van der Waals surface area contributed by atoms with E-state index in [2.05, 4.69) is 0 Å². The fourth-order valence-corrected chi connectivity index (χ4v) is 7.73. The van der Waals surface area contributed by atoms with Crippen LogP contribution in [0.1, 0.15) is 11.1 Å². The van der Waals surface area contributed by atoms with E-state index in [1.807, 2.05) is 0 Å². The maximum Gasteiger partial charge on any atom is 0.636 e. The van der Waals surface area contributed by atoms with E-state index in [0.29, 0.717) is 12.1 Å². The van der Waals surface area contributed by atoms with Crippen molar-refractivity contribution in [3.05, 3.63) is 146 Å². The second kappa shape index (κ2) is 13.4. The number of halogens is 21. The van der Waals surface area contributed by atoms with Crippen molar-refractivity contribution in [2.24, 2.45) is 0 Å². The minimum Gasteiger partial charge on any atom is -0.521 e. The van der Waals surface area contributed by atoms with Gasteiger partial charge in [-0.3, -0.25) is 0 Å². The van der Waals surface area contributed by atoms with Gasteiger partial charge in [0.1, 0.15) is 11.6 Å². The summed E-state index contributed by atoms with van der Waals surface area (Å²) in [6, 6.07) is 1.12. The summed E-state index contributed by atoms with van der Waals surface area (Å²) in [6.07, 6.45) is 0. The summed E-state index contributed by atoms with van der Waals surface area (Å²) in [5.74, 6) is -60.9. The highest BCUT2D eigenvalue weighted by Crippen LogP contribution is 2.55. The Hall–Kier alpha value is -6.75. The highest BCUT2D eigenvalue weighted by atomic mass is 19.3. The fraction of sp³-hybridized carbons (Fsp3) is 0.0256. The Balaban J connectivity index is 1.44. The van der Waals surface area contributed by atoms with Crippen molar-refractivity contribution in [3.63, 3.8) is 0 Å². The average Bonchev–Trinajstić information content (AvgIpc) is 3.48. The van der Waals surface area contributed by atoms with Gasteiger partial charge in [0.15, 0.2) is 110 Å². The first-order chi connectivity index (χ1) is 29.5. The van der Waals surface area contributed by atoms with E-state index in [0.717, 1.165) is 0 Å². The summed E-state index contributed by atoms with van der Waals surface area (Å²) >= 11 is 0. The quantitative estimate of drug-likeness (QED) is 0.0563. The summed E-state index contributed by atoms with van der Waals surface area (Å²) in [5, 5.41) is -14.8. The van der Waals surface area contributed by atoms with Gasteiger partial charge in [0, 0.05) is 32.8 Å². The molecule has 0 radical (unpaired) electrons. The van der Waals surface area contributed by atoms with Crippen LogP contribution in [0, 0.1) is 111 Å². The lowest BCUT2D eigenvalue weighted by atomic mass is 9.72. The first kappa shape index (κ1) is 41.6. The molecule has 0 amide bonds. The molecule has 322 valence electrons. The molecule has 0 N–H and O–H groups in total. The second-order valence-electron chi connectivity index (χ2n) is 13.5. The second-order valence-corrected chi connectivity index (χ2v) is 13.5. The molecule has 8 aromatic rings. The van der Waals surface area contributed by atoms with Gasteiger partial charge in [-0.1, -0.05) is 0 Å². The Labute approximate surface area is 331 Å². The molecule has 0 heterocycles. The summed E-state index contributed by atoms with van der Waals surface area (Å²) in [4.78, 5) is 0. The summed E-state index contributed by atoms with van der Waals surface area (Å²) in [7, 11) is -3.86. The number of hydrogen-bond donors (Lipinski definition) is 0. The lowest BCUT2D eigenvalue weighted by Crippen LogP contribution is -2.49. The van der Waals surface area contributed by atoms with Crippen LogP contribution >= 0.6 is 0 Å². The van der Waals surface area contributed by atoms with Crippen LogP contribution < -0.4 is 14.8 Å². The Morgan fingerprint density at radius 1 is 0.333 bits per heavy atom. The molecule has 9 rings (SSSR count). The van der Waals surface area contributed by atoms with Gasteiger partial charge in [-0.25, -0.2) is 79.0 Å². The van der Waals surface area contributed by atoms with Gasteiger partial charge in [-0.15, -0.1) is 0 Å². The molecule has 1 aliphatic rings. The van der Waals surface area contributed by atoms with Crippen LogP contribution in [0.5, 0.6) is 11.5 Å². The molecule has 0 saturated heterocycles. The molecule has 0 fully saturated rings. The Bertz CT molecular complexity index is 3420. The minimum atomic E-state index is -5.66. The van der Waals surface area contributed by atoms with Crippen molar-refractivity contribution < 1.29 is 102 Å². The highest BCUT2D eigenvalue weighted by Gasteiger charge is 2.57. The lowest BCUT2D eigenvalue weighted by molar-refractivity contribution is 0.0433. The van der Waals surface area contributed by atoms with Crippen molar-refractivity contribution >= 4 is 55.7 Å². The molecule has 0 unspecified atom stereocenters. The maximum absolute atomic E-state index is 16.4. The van der Waals surface area contributed by atoms with Crippen molar-refractivity contribution in [2.45, 2.75) is 5.92 Å². The van der Waals surface area contributed by atoms with Gasteiger partial charge in [-0.05, 0) is 24.3 Å². The number of alkyl halides is 2. The number of hydrogen-bond acceptors (Lipinski definition) is 2. The van der Waals surface area contributed by atoms with Gasteiger partial charge < -0.3 is 9.31 Å². The lowest BCUT2D eigenvalue weighted by Gasteiger charge is -2.25. The molecule has 2 nitrogen and oxygen atoms in total. The van der Waals surface area contributed by atoms with Crippen LogP contribution in [0.4, 0.5) is 92.2 Å². The molecule has 0 saturated carbocycles. The zero-order valence-corrected chi connectivity index (χ0v) is 29.1. The number of rotatable bonds is 5. The van der Waals surface area contributed by atoms with Crippen molar-refractivity contribution in [2.75, 3.05) is 0 Å². The standard InChI is InChI=1S/C39H4BF21O2/c41-6-3-4-8(5-1-2-7(42)21(43)9(5)6)62-40(20-18-12(22(44)34(56)32(20)54)13-19(39(18,60)61)31(53)36(58)35(57)23(13)45)63-38-17-11-10-14(24(46)25(47)16(11)29(51)37(38)59)27(49)33(55)28(50)15(10)26(48)30(17)52/h1-4H. The molecule has 0 aliphatic heterocycles. The normalized spacial score (nSPS) is 13.3. The first-order valence-corrected chi connectivity index (χ1v) is 16.7. The smallest absolute Gasteiger partial charge is 0.521 e. The molecular formula is C39H4BF21O2. The van der Waals surface area contributed by atoms with Gasteiger partial charge in [-0.2, -0.15) is 13.2 Å². The predicted molar refractivity (Wildman–Crippen MR) is 175 cm³/mol. The molecule has 8 aromatic carbocycles. The van der Waals surface area contributed by atoms with Crippen molar-refractivity contribution in [1.29, 1.82) is 0 Å². The third-order valence-corrected chi connectivity index (χ3v) is 10.4. The average molecular weight is 914 g/mol. The number of benzene rings is 8. The fourth-order valence-electron chi connectivity index (χ4n) is 7.73. The highest BCUT2D eigenvalue weighted by molar-refractivity contribution is 6.64. The molecule has 1 aliphatic carbocycles. The Morgan fingerprint density at radius 3 is 1.33 bits per heavy atom. The molecule has 0 aromatic heterocycles. The van der Waals surface area contributed by atoms with E-state index >= 15 is 65.9 Å². The molecular weight excluding hydrogens is 910 g/mol. The van der Waals surface area contributed by atoms with Crippen LogP contribution in [-0.2, 0) is 5.92 Å².